The number of rotatable bonds is 7. The molecule has 1 saturated carbocycles. The van der Waals surface area contributed by atoms with Gasteiger partial charge in [-0.15, -0.1) is 0 Å². The molecule has 0 bridgehead atoms. The molecule has 0 saturated heterocycles. The summed E-state index contributed by atoms with van der Waals surface area (Å²) in [5.74, 6) is -1.38. The molecule has 1 aliphatic rings. The van der Waals surface area contributed by atoms with E-state index in [1.165, 1.54) is 0 Å². The summed E-state index contributed by atoms with van der Waals surface area (Å²) < 4.78 is 0. The SMILES string of the molecule is O=C(O)CC(NC(=O)CNC(=O)c1ccccc1)C1CC1. The van der Waals surface area contributed by atoms with Crippen molar-refractivity contribution in [3.8, 4) is 0 Å². The van der Waals surface area contributed by atoms with Gasteiger partial charge in [-0.3, -0.25) is 14.4 Å². The molecule has 0 spiro atoms. The molecule has 1 aliphatic carbocycles. The number of carboxylic acid groups (broad SMARTS) is 1. The lowest BCUT2D eigenvalue weighted by atomic mass is 10.1. The third kappa shape index (κ3) is 4.91. The van der Waals surface area contributed by atoms with Crippen LogP contribution >= 0.6 is 0 Å². The van der Waals surface area contributed by atoms with Gasteiger partial charge in [0.05, 0.1) is 13.0 Å². The first kappa shape index (κ1) is 15.0. The second kappa shape index (κ2) is 6.88. The molecule has 0 aliphatic heterocycles. The zero-order valence-corrected chi connectivity index (χ0v) is 11.5. The van der Waals surface area contributed by atoms with Crippen molar-refractivity contribution >= 4 is 17.8 Å². The first-order chi connectivity index (χ1) is 10.1. The highest BCUT2D eigenvalue weighted by Gasteiger charge is 2.33. The Morgan fingerprint density at radius 1 is 1.19 bits per heavy atom. The van der Waals surface area contributed by atoms with E-state index in [0.717, 1.165) is 12.8 Å². The van der Waals surface area contributed by atoms with E-state index in [1.54, 1.807) is 30.3 Å². The van der Waals surface area contributed by atoms with Gasteiger partial charge in [0, 0.05) is 11.6 Å². The van der Waals surface area contributed by atoms with E-state index < -0.39 is 5.97 Å². The Morgan fingerprint density at radius 3 is 2.43 bits per heavy atom. The molecule has 21 heavy (non-hydrogen) atoms. The van der Waals surface area contributed by atoms with Gasteiger partial charge in [0.25, 0.3) is 5.91 Å². The van der Waals surface area contributed by atoms with Crippen molar-refractivity contribution in [2.45, 2.75) is 25.3 Å². The smallest absolute Gasteiger partial charge is 0.305 e. The second-order valence-corrected chi connectivity index (χ2v) is 5.16. The fourth-order valence-electron chi connectivity index (χ4n) is 2.13. The van der Waals surface area contributed by atoms with Crippen LogP contribution in [0, 0.1) is 5.92 Å². The lowest BCUT2D eigenvalue weighted by molar-refractivity contribution is -0.137. The molecule has 1 atom stereocenters. The maximum atomic E-state index is 11.8. The molecule has 2 amide bonds. The van der Waals surface area contributed by atoms with Crippen LogP contribution in [0.3, 0.4) is 0 Å². The van der Waals surface area contributed by atoms with Gasteiger partial charge in [0.1, 0.15) is 0 Å². The van der Waals surface area contributed by atoms with Gasteiger partial charge in [0.2, 0.25) is 5.91 Å². The molecule has 1 aromatic rings. The molecule has 112 valence electrons. The molecule has 0 radical (unpaired) electrons. The van der Waals surface area contributed by atoms with Gasteiger partial charge in [-0.05, 0) is 30.9 Å². The fraction of sp³-hybridized carbons (Fsp3) is 0.400. The molecular weight excluding hydrogens is 272 g/mol. The third-order valence-electron chi connectivity index (χ3n) is 3.38. The molecule has 1 aromatic carbocycles. The molecule has 6 nitrogen and oxygen atoms in total. The minimum atomic E-state index is -0.930. The Morgan fingerprint density at radius 2 is 1.86 bits per heavy atom. The summed E-state index contributed by atoms with van der Waals surface area (Å²) in [6.45, 7) is -0.156. The molecule has 0 heterocycles. The fourth-order valence-corrected chi connectivity index (χ4v) is 2.13. The standard InChI is InChI=1S/C15H18N2O4/c18-13(17-12(8-14(19)20)10-6-7-10)9-16-15(21)11-4-2-1-3-5-11/h1-5,10,12H,6-9H2,(H,16,21)(H,17,18)(H,19,20). The van der Waals surface area contributed by atoms with Gasteiger partial charge < -0.3 is 15.7 Å². The number of benzene rings is 1. The van der Waals surface area contributed by atoms with Crippen LogP contribution in [0.25, 0.3) is 0 Å². The molecule has 0 aromatic heterocycles. The van der Waals surface area contributed by atoms with Gasteiger partial charge in [-0.25, -0.2) is 0 Å². The largest absolute Gasteiger partial charge is 0.481 e. The average molecular weight is 290 g/mol. The normalized spacial score (nSPS) is 15.0. The van der Waals surface area contributed by atoms with Crippen LogP contribution < -0.4 is 10.6 Å². The van der Waals surface area contributed by atoms with Crippen LogP contribution in [-0.4, -0.2) is 35.5 Å². The summed E-state index contributed by atoms with van der Waals surface area (Å²) in [6, 6.07) is 8.25. The van der Waals surface area contributed by atoms with Gasteiger partial charge >= 0.3 is 5.97 Å². The molecule has 3 N–H and O–H groups in total. The summed E-state index contributed by atoms with van der Waals surface area (Å²) in [5.41, 5.74) is 0.481. The number of hydrogen-bond donors (Lipinski definition) is 3. The van der Waals surface area contributed by atoms with E-state index in [9.17, 15) is 14.4 Å². The van der Waals surface area contributed by atoms with E-state index in [4.69, 9.17) is 5.11 Å². The van der Waals surface area contributed by atoms with Crippen LogP contribution in [0.5, 0.6) is 0 Å². The monoisotopic (exact) mass is 290 g/mol. The van der Waals surface area contributed by atoms with E-state index in [2.05, 4.69) is 10.6 Å². The summed E-state index contributed by atoms with van der Waals surface area (Å²) in [5, 5.41) is 14.0. The second-order valence-electron chi connectivity index (χ2n) is 5.16. The summed E-state index contributed by atoms with van der Waals surface area (Å²) in [6.07, 6.45) is 1.80. The molecule has 2 rings (SSSR count). The highest BCUT2D eigenvalue weighted by molar-refractivity contribution is 5.96. The maximum absolute atomic E-state index is 11.8. The van der Waals surface area contributed by atoms with Crippen LogP contribution in [0.2, 0.25) is 0 Å². The van der Waals surface area contributed by atoms with Crippen molar-refractivity contribution in [1.29, 1.82) is 0 Å². The van der Waals surface area contributed by atoms with Gasteiger partial charge in [0.15, 0.2) is 0 Å². The Kier molecular flexibility index (Phi) is 4.92. The highest BCUT2D eigenvalue weighted by atomic mass is 16.4. The average Bonchev–Trinajstić information content (AvgIpc) is 3.29. The Hall–Kier alpha value is -2.37. The first-order valence-corrected chi connectivity index (χ1v) is 6.90. The lowest BCUT2D eigenvalue weighted by Crippen LogP contribution is -2.43. The highest BCUT2D eigenvalue weighted by Crippen LogP contribution is 2.33. The third-order valence-corrected chi connectivity index (χ3v) is 3.38. The summed E-state index contributed by atoms with van der Waals surface area (Å²) in [7, 11) is 0. The Bertz CT molecular complexity index is 526. The van der Waals surface area contributed by atoms with Crippen molar-refractivity contribution in [3.05, 3.63) is 35.9 Å². The number of aliphatic carboxylic acids is 1. The summed E-state index contributed by atoms with van der Waals surface area (Å²) >= 11 is 0. The number of carbonyl (C=O) groups excluding carboxylic acids is 2. The number of nitrogens with one attached hydrogen (secondary N) is 2. The number of hydrogen-bond acceptors (Lipinski definition) is 3. The van der Waals surface area contributed by atoms with E-state index in [0.29, 0.717) is 5.56 Å². The topological polar surface area (TPSA) is 95.5 Å². The van der Waals surface area contributed by atoms with Gasteiger partial charge in [-0.2, -0.15) is 0 Å². The quantitative estimate of drug-likeness (QED) is 0.691. The van der Waals surface area contributed by atoms with Gasteiger partial charge in [-0.1, -0.05) is 18.2 Å². The predicted molar refractivity (Wildman–Crippen MR) is 75.7 cm³/mol. The van der Waals surface area contributed by atoms with Crippen molar-refractivity contribution in [3.63, 3.8) is 0 Å². The number of carboxylic acids is 1. The minimum absolute atomic E-state index is 0.0803. The predicted octanol–water partition coefficient (Wildman–Crippen LogP) is 0.786. The van der Waals surface area contributed by atoms with E-state index in [1.807, 2.05) is 0 Å². The van der Waals surface area contributed by atoms with E-state index in [-0.39, 0.29) is 36.7 Å². The maximum Gasteiger partial charge on any atom is 0.305 e. The Labute approximate surface area is 122 Å². The Balaban J connectivity index is 1.78. The van der Waals surface area contributed by atoms with Crippen LogP contribution in [0.4, 0.5) is 0 Å². The number of amides is 2. The van der Waals surface area contributed by atoms with Crippen LogP contribution in [0.1, 0.15) is 29.6 Å². The van der Waals surface area contributed by atoms with Crippen LogP contribution in [-0.2, 0) is 9.59 Å². The van der Waals surface area contributed by atoms with Crippen molar-refractivity contribution in [2.75, 3.05) is 6.54 Å². The lowest BCUT2D eigenvalue weighted by Gasteiger charge is -2.16. The molecule has 1 unspecified atom stereocenters. The van der Waals surface area contributed by atoms with E-state index >= 15 is 0 Å². The molecular formula is C15H18N2O4. The van der Waals surface area contributed by atoms with Crippen molar-refractivity contribution in [2.24, 2.45) is 5.92 Å². The zero-order valence-electron chi connectivity index (χ0n) is 11.5. The first-order valence-electron chi connectivity index (χ1n) is 6.90. The van der Waals surface area contributed by atoms with Crippen molar-refractivity contribution < 1.29 is 19.5 Å². The minimum Gasteiger partial charge on any atom is -0.481 e. The van der Waals surface area contributed by atoms with Crippen molar-refractivity contribution in [1.82, 2.24) is 10.6 Å². The zero-order chi connectivity index (χ0) is 15.2. The molecule has 6 heteroatoms. The van der Waals surface area contributed by atoms with Crippen LogP contribution in [0.15, 0.2) is 30.3 Å². The number of carbonyl (C=O) groups is 3. The molecule has 1 fully saturated rings. The summed E-state index contributed by atoms with van der Waals surface area (Å²) in [4.78, 5) is 34.3.